The number of hydrogen-bond acceptors (Lipinski definition) is 6. The van der Waals surface area contributed by atoms with Crippen LogP contribution in [0, 0.1) is 0 Å². The zero-order valence-electron chi connectivity index (χ0n) is 14.6. The number of nitrogens with one attached hydrogen (secondary N) is 1. The van der Waals surface area contributed by atoms with E-state index in [0.717, 1.165) is 36.3 Å². The van der Waals surface area contributed by atoms with E-state index in [2.05, 4.69) is 10.3 Å². The van der Waals surface area contributed by atoms with Crippen LogP contribution < -0.4 is 5.32 Å². The molecular formula is C19H22N2O3S2. The summed E-state index contributed by atoms with van der Waals surface area (Å²) >= 11 is 3.09. The van der Waals surface area contributed by atoms with Gasteiger partial charge in [0.05, 0.1) is 16.8 Å². The van der Waals surface area contributed by atoms with E-state index >= 15 is 0 Å². The Morgan fingerprint density at radius 3 is 2.85 bits per heavy atom. The van der Waals surface area contributed by atoms with Crippen LogP contribution in [-0.4, -0.2) is 29.0 Å². The number of ether oxygens (including phenoxy) is 1. The molecule has 1 saturated carbocycles. The molecule has 2 aromatic rings. The summed E-state index contributed by atoms with van der Waals surface area (Å²) in [6.45, 7) is 1.62. The fourth-order valence-electron chi connectivity index (χ4n) is 2.89. The lowest BCUT2D eigenvalue weighted by molar-refractivity contribution is -0.129. The molecule has 0 radical (unpaired) electrons. The third-order valence-electron chi connectivity index (χ3n) is 4.32. The molecule has 1 N–H and O–H groups in total. The smallest absolute Gasteiger partial charge is 0.340 e. The molecule has 0 aliphatic heterocycles. The monoisotopic (exact) mass is 390 g/mol. The molecule has 1 aliphatic carbocycles. The molecular weight excluding hydrogens is 368 g/mol. The van der Waals surface area contributed by atoms with Crippen molar-refractivity contribution in [2.75, 3.05) is 0 Å². The van der Waals surface area contributed by atoms with Crippen molar-refractivity contribution in [2.24, 2.45) is 0 Å². The summed E-state index contributed by atoms with van der Waals surface area (Å²) in [6, 6.07) is 7.51. The number of hydrogen-bond donors (Lipinski definition) is 1. The second-order valence-corrected chi connectivity index (χ2v) is 8.04. The second kappa shape index (κ2) is 9.19. The van der Waals surface area contributed by atoms with E-state index < -0.39 is 12.1 Å². The van der Waals surface area contributed by atoms with Gasteiger partial charge in [0.2, 0.25) is 0 Å². The summed E-state index contributed by atoms with van der Waals surface area (Å²) in [6.07, 6.45) is 3.48. The average molecular weight is 391 g/mol. The van der Waals surface area contributed by atoms with Gasteiger partial charge < -0.3 is 10.1 Å². The molecule has 1 aromatic heterocycles. The fraction of sp³-hybridized carbons (Fsp3) is 0.421. The standard InChI is InChI=1S/C19H22N2O3S2/c1-13(18(22)21-14-6-2-3-7-14)24-19(23)16-8-4-5-9-17(16)26-11-15-10-25-12-20-15/h4-5,8-10,12-14H,2-3,6-7,11H2,1H3,(H,21,22). The lowest BCUT2D eigenvalue weighted by Gasteiger charge is -2.17. The van der Waals surface area contributed by atoms with Crippen LogP contribution in [-0.2, 0) is 15.3 Å². The van der Waals surface area contributed by atoms with Crippen molar-refractivity contribution in [2.45, 2.75) is 55.4 Å². The minimum Gasteiger partial charge on any atom is -0.449 e. The van der Waals surface area contributed by atoms with Gasteiger partial charge >= 0.3 is 5.97 Å². The molecule has 3 rings (SSSR count). The molecule has 0 bridgehead atoms. The molecule has 0 saturated heterocycles. The van der Waals surface area contributed by atoms with Crippen LogP contribution in [0.5, 0.6) is 0 Å². The van der Waals surface area contributed by atoms with Crippen molar-refractivity contribution in [1.29, 1.82) is 0 Å². The Morgan fingerprint density at radius 1 is 1.35 bits per heavy atom. The lowest BCUT2D eigenvalue weighted by atomic mass is 10.2. The van der Waals surface area contributed by atoms with Crippen molar-refractivity contribution in [3.05, 3.63) is 46.4 Å². The van der Waals surface area contributed by atoms with E-state index in [0.29, 0.717) is 11.3 Å². The van der Waals surface area contributed by atoms with Gasteiger partial charge in [-0.25, -0.2) is 9.78 Å². The van der Waals surface area contributed by atoms with E-state index in [1.54, 1.807) is 35.9 Å². The van der Waals surface area contributed by atoms with Gasteiger partial charge in [0.15, 0.2) is 6.10 Å². The Kier molecular flexibility index (Phi) is 6.68. The maximum absolute atomic E-state index is 12.5. The molecule has 1 atom stereocenters. The van der Waals surface area contributed by atoms with Crippen LogP contribution in [0.15, 0.2) is 40.1 Å². The van der Waals surface area contributed by atoms with E-state index in [1.165, 1.54) is 11.8 Å². The van der Waals surface area contributed by atoms with Gasteiger partial charge in [-0.15, -0.1) is 23.1 Å². The molecule has 1 aliphatic rings. The highest BCUT2D eigenvalue weighted by Crippen LogP contribution is 2.27. The van der Waals surface area contributed by atoms with Gasteiger partial charge in [-0.2, -0.15) is 0 Å². The van der Waals surface area contributed by atoms with Crippen LogP contribution in [0.1, 0.15) is 48.7 Å². The summed E-state index contributed by atoms with van der Waals surface area (Å²) in [5.41, 5.74) is 3.25. The zero-order valence-corrected chi connectivity index (χ0v) is 16.3. The van der Waals surface area contributed by atoms with Crippen molar-refractivity contribution in [3.63, 3.8) is 0 Å². The van der Waals surface area contributed by atoms with Crippen LogP contribution in [0.4, 0.5) is 0 Å². The Hall–Kier alpha value is -1.86. The van der Waals surface area contributed by atoms with E-state index in [1.807, 2.05) is 17.5 Å². The van der Waals surface area contributed by atoms with Gasteiger partial charge in [0, 0.05) is 22.1 Å². The van der Waals surface area contributed by atoms with Gasteiger partial charge in [0.1, 0.15) is 0 Å². The SMILES string of the molecule is CC(OC(=O)c1ccccc1SCc1cscn1)C(=O)NC1CCCC1. The van der Waals surface area contributed by atoms with Gasteiger partial charge in [-0.3, -0.25) is 4.79 Å². The van der Waals surface area contributed by atoms with Crippen LogP contribution in [0.3, 0.4) is 0 Å². The number of thioether (sulfide) groups is 1. The van der Waals surface area contributed by atoms with E-state index in [4.69, 9.17) is 4.74 Å². The fourth-order valence-corrected chi connectivity index (χ4v) is 4.49. The number of amides is 1. The Morgan fingerprint density at radius 2 is 2.12 bits per heavy atom. The molecule has 1 amide bonds. The predicted octanol–water partition coefficient (Wildman–Crippen LogP) is 4.04. The molecule has 1 unspecified atom stereocenters. The second-order valence-electron chi connectivity index (χ2n) is 6.30. The summed E-state index contributed by atoms with van der Waals surface area (Å²) in [7, 11) is 0. The molecule has 1 heterocycles. The minimum atomic E-state index is -0.806. The van der Waals surface area contributed by atoms with Crippen LogP contribution in [0.2, 0.25) is 0 Å². The maximum atomic E-state index is 12.5. The highest BCUT2D eigenvalue weighted by Gasteiger charge is 2.24. The Balaban J connectivity index is 1.58. The van der Waals surface area contributed by atoms with E-state index in [-0.39, 0.29) is 11.9 Å². The highest BCUT2D eigenvalue weighted by atomic mass is 32.2. The molecule has 5 nitrogen and oxygen atoms in total. The first-order chi connectivity index (χ1) is 12.6. The van der Waals surface area contributed by atoms with Crippen molar-refractivity contribution in [3.8, 4) is 0 Å². The summed E-state index contributed by atoms with van der Waals surface area (Å²) in [4.78, 5) is 29.9. The summed E-state index contributed by atoms with van der Waals surface area (Å²) in [5, 5.41) is 4.95. The third-order valence-corrected chi connectivity index (χ3v) is 6.06. The number of thiazole rings is 1. The van der Waals surface area contributed by atoms with Gasteiger partial charge in [-0.1, -0.05) is 25.0 Å². The number of rotatable bonds is 7. The summed E-state index contributed by atoms with van der Waals surface area (Å²) in [5.74, 6) is -0.00999. The topological polar surface area (TPSA) is 68.3 Å². The van der Waals surface area contributed by atoms with Crippen molar-refractivity contribution < 1.29 is 14.3 Å². The number of benzene rings is 1. The first kappa shape index (κ1) is 18.9. The zero-order chi connectivity index (χ0) is 18.4. The number of esters is 1. The summed E-state index contributed by atoms with van der Waals surface area (Å²) < 4.78 is 5.41. The average Bonchev–Trinajstić information content (AvgIpc) is 3.34. The highest BCUT2D eigenvalue weighted by molar-refractivity contribution is 7.98. The van der Waals surface area contributed by atoms with Crippen LogP contribution in [0.25, 0.3) is 0 Å². The number of aromatic nitrogens is 1. The third kappa shape index (κ3) is 5.08. The van der Waals surface area contributed by atoms with E-state index in [9.17, 15) is 9.59 Å². The van der Waals surface area contributed by atoms with Gasteiger partial charge in [-0.05, 0) is 31.9 Å². The molecule has 138 valence electrons. The lowest BCUT2D eigenvalue weighted by Crippen LogP contribution is -2.40. The Labute approximate surface area is 161 Å². The largest absolute Gasteiger partial charge is 0.449 e. The number of carbonyl (C=O) groups excluding carboxylic acids is 2. The van der Waals surface area contributed by atoms with Crippen molar-refractivity contribution >= 4 is 35.0 Å². The molecule has 1 aromatic carbocycles. The van der Waals surface area contributed by atoms with Crippen molar-refractivity contribution in [1.82, 2.24) is 10.3 Å². The predicted molar refractivity (Wildman–Crippen MR) is 103 cm³/mol. The quantitative estimate of drug-likeness (QED) is 0.571. The van der Waals surface area contributed by atoms with Crippen LogP contribution >= 0.6 is 23.1 Å². The first-order valence-corrected chi connectivity index (χ1v) is 10.7. The normalized spacial score (nSPS) is 15.6. The maximum Gasteiger partial charge on any atom is 0.340 e. The first-order valence-electron chi connectivity index (χ1n) is 8.73. The molecule has 0 spiro atoms. The minimum absolute atomic E-state index is 0.213. The molecule has 1 fully saturated rings. The number of carbonyl (C=O) groups is 2. The van der Waals surface area contributed by atoms with Gasteiger partial charge in [0.25, 0.3) is 5.91 Å². The Bertz CT molecular complexity index is 743. The molecule has 26 heavy (non-hydrogen) atoms. The molecule has 7 heteroatoms. The number of nitrogens with zero attached hydrogens (tertiary/aromatic N) is 1.